The molecule has 2 aliphatic rings. The molecular weight excluding hydrogens is 302 g/mol. The van der Waals surface area contributed by atoms with Crippen molar-refractivity contribution in [2.24, 2.45) is 11.8 Å². The Morgan fingerprint density at radius 2 is 2.00 bits per heavy atom. The number of carbonyl (C=O) groups excluding carboxylic acids is 1. The summed E-state index contributed by atoms with van der Waals surface area (Å²) in [5.74, 6) is -0.251. The number of amides is 1. The number of nitrogens with zero attached hydrogens (tertiary/aromatic N) is 1. The van der Waals surface area contributed by atoms with E-state index in [1.165, 1.54) is 13.0 Å². The van der Waals surface area contributed by atoms with Crippen molar-refractivity contribution in [1.82, 2.24) is 10.2 Å². The van der Waals surface area contributed by atoms with E-state index in [1.54, 1.807) is 0 Å². The van der Waals surface area contributed by atoms with Crippen LogP contribution in [0.2, 0.25) is 0 Å². The third-order valence-corrected chi connectivity index (χ3v) is 5.01. The first-order valence-corrected chi connectivity index (χ1v) is 8.04. The maximum atomic E-state index is 13.8. The quantitative estimate of drug-likeness (QED) is 0.889. The van der Waals surface area contributed by atoms with E-state index in [1.807, 2.05) is 0 Å². The molecule has 1 amide bonds. The van der Waals surface area contributed by atoms with Crippen molar-refractivity contribution < 1.29 is 18.7 Å². The molecule has 1 saturated carbocycles. The van der Waals surface area contributed by atoms with Gasteiger partial charge in [0.25, 0.3) is 0 Å². The summed E-state index contributed by atoms with van der Waals surface area (Å²) in [6.45, 7) is 3.37. The lowest BCUT2D eigenvalue weighted by molar-refractivity contribution is -0.121. The average Bonchev–Trinajstić information content (AvgIpc) is 2.84. The van der Waals surface area contributed by atoms with Crippen LogP contribution in [0.5, 0.6) is 0 Å². The molecule has 6 heteroatoms. The van der Waals surface area contributed by atoms with Crippen LogP contribution in [0.15, 0.2) is 18.2 Å². The number of aliphatic hydroxyl groups is 1. The number of benzene rings is 1. The molecule has 1 aromatic carbocycles. The van der Waals surface area contributed by atoms with E-state index in [2.05, 4.69) is 10.2 Å². The Hall–Kier alpha value is -1.53. The van der Waals surface area contributed by atoms with Crippen LogP contribution in [0.1, 0.15) is 25.3 Å². The second-order valence-electron chi connectivity index (χ2n) is 6.80. The summed E-state index contributed by atoms with van der Waals surface area (Å²) in [6, 6.07) is 3.31. The van der Waals surface area contributed by atoms with Crippen molar-refractivity contribution in [3.05, 3.63) is 35.4 Å². The van der Waals surface area contributed by atoms with Crippen LogP contribution in [0.3, 0.4) is 0 Å². The molecule has 2 fully saturated rings. The van der Waals surface area contributed by atoms with Gasteiger partial charge in [0.15, 0.2) is 0 Å². The van der Waals surface area contributed by atoms with Gasteiger partial charge in [-0.05, 0) is 42.9 Å². The molecule has 1 saturated heterocycles. The van der Waals surface area contributed by atoms with Crippen LogP contribution < -0.4 is 5.32 Å². The van der Waals surface area contributed by atoms with Crippen LogP contribution >= 0.6 is 0 Å². The van der Waals surface area contributed by atoms with E-state index in [9.17, 15) is 18.7 Å². The molecule has 126 valence electrons. The Bertz CT molecular complexity index is 596. The molecule has 3 rings (SSSR count). The van der Waals surface area contributed by atoms with Crippen molar-refractivity contribution in [1.29, 1.82) is 0 Å². The van der Waals surface area contributed by atoms with Crippen molar-refractivity contribution in [3.8, 4) is 0 Å². The molecule has 1 aliphatic heterocycles. The number of halogens is 2. The number of hydrogen-bond acceptors (Lipinski definition) is 3. The molecule has 2 N–H and O–H groups in total. The minimum absolute atomic E-state index is 0.135. The molecular formula is C17H22F2N2O2. The largest absolute Gasteiger partial charge is 0.391 e. The monoisotopic (exact) mass is 324 g/mol. The zero-order valence-electron chi connectivity index (χ0n) is 13.1. The number of carbonyl (C=O) groups is 1. The summed E-state index contributed by atoms with van der Waals surface area (Å²) in [6.07, 6.45) is 0.830. The summed E-state index contributed by atoms with van der Waals surface area (Å²) >= 11 is 0. The normalized spacial score (nSPS) is 31.0. The van der Waals surface area contributed by atoms with Gasteiger partial charge in [-0.2, -0.15) is 0 Å². The highest BCUT2D eigenvalue weighted by Gasteiger charge is 2.41. The average molecular weight is 324 g/mol. The lowest BCUT2D eigenvalue weighted by atomic mass is 9.77. The molecule has 0 radical (unpaired) electrons. The van der Waals surface area contributed by atoms with Gasteiger partial charge in [-0.1, -0.05) is 0 Å². The highest BCUT2D eigenvalue weighted by atomic mass is 19.1. The number of likely N-dealkylation sites (tertiary alicyclic amines) is 1. The van der Waals surface area contributed by atoms with Crippen LogP contribution in [0.25, 0.3) is 0 Å². The third kappa shape index (κ3) is 3.70. The number of rotatable bonds is 3. The van der Waals surface area contributed by atoms with Gasteiger partial charge in [0.1, 0.15) is 11.6 Å². The predicted octanol–water partition coefficient (Wildman–Crippen LogP) is 1.67. The van der Waals surface area contributed by atoms with Gasteiger partial charge in [0.05, 0.1) is 12.1 Å². The first-order chi connectivity index (χ1) is 10.9. The molecule has 23 heavy (non-hydrogen) atoms. The number of aliphatic hydroxyl groups excluding tert-OH is 1. The summed E-state index contributed by atoms with van der Waals surface area (Å²) in [5, 5.41) is 13.0. The smallest absolute Gasteiger partial charge is 0.217 e. The minimum atomic E-state index is -0.536. The van der Waals surface area contributed by atoms with E-state index >= 15 is 0 Å². The van der Waals surface area contributed by atoms with Gasteiger partial charge >= 0.3 is 0 Å². The van der Waals surface area contributed by atoms with Crippen molar-refractivity contribution in [2.45, 2.75) is 38.5 Å². The summed E-state index contributed by atoms with van der Waals surface area (Å²) in [5.41, 5.74) is 0.364. The zero-order valence-corrected chi connectivity index (χ0v) is 13.1. The summed E-state index contributed by atoms with van der Waals surface area (Å²) in [7, 11) is 0. The first-order valence-electron chi connectivity index (χ1n) is 8.04. The number of nitrogens with one attached hydrogen (secondary N) is 1. The van der Waals surface area contributed by atoms with E-state index in [0.717, 1.165) is 31.6 Å². The SMILES string of the molecule is CC(=O)N[C@@H]1C[C@@H]2CN(Cc3cc(F)ccc3F)C[C@@H]2C[C@H]1O. The summed E-state index contributed by atoms with van der Waals surface area (Å²) < 4.78 is 27.1. The molecule has 1 aliphatic carbocycles. The molecule has 1 aromatic rings. The Morgan fingerprint density at radius 1 is 1.30 bits per heavy atom. The van der Waals surface area contributed by atoms with Crippen LogP contribution in [-0.2, 0) is 11.3 Å². The van der Waals surface area contributed by atoms with Crippen molar-refractivity contribution in [2.75, 3.05) is 13.1 Å². The van der Waals surface area contributed by atoms with E-state index in [0.29, 0.717) is 30.4 Å². The maximum absolute atomic E-state index is 13.8. The molecule has 4 atom stereocenters. The number of hydrogen-bond donors (Lipinski definition) is 2. The predicted molar refractivity (Wildman–Crippen MR) is 81.5 cm³/mol. The van der Waals surface area contributed by atoms with Crippen LogP contribution in [0.4, 0.5) is 8.78 Å². The van der Waals surface area contributed by atoms with Crippen LogP contribution in [0, 0.1) is 23.5 Å². The summed E-state index contributed by atoms with van der Waals surface area (Å²) in [4.78, 5) is 13.3. The molecule has 0 spiro atoms. The molecule has 0 bridgehead atoms. The van der Waals surface area contributed by atoms with Gasteiger partial charge in [0.2, 0.25) is 5.91 Å². The van der Waals surface area contributed by atoms with Gasteiger partial charge in [-0.3, -0.25) is 9.69 Å². The third-order valence-electron chi connectivity index (χ3n) is 5.01. The van der Waals surface area contributed by atoms with Crippen molar-refractivity contribution >= 4 is 5.91 Å². The van der Waals surface area contributed by atoms with Gasteiger partial charge in [0, 0.05) is 32.1 Å². The fourth-order valence-electron chi connectivity index (χ4n) is 3.98. The Balaban J connectivity index is 1.64. The second kappa shape index (κ2) is 6.53. The number of fused-ring (bicyclic) bond motifs is 1. The highest BCUT2D eigenvalue weighted by molar-refractivity contribution is 5.73. The van der Waals surface area contributed by atoms with Crippen molar-refractivity contribution in [3.63, 3.8) is 0 Å². The first kappa shape index (κ1) is 16.3. The van der Waals surface area contributed by atoms with Crippen LogP contribution in [-0.4, -0.2) is 41.1 Å². The Labute approximate surface area is 134 Å². The Morgan fingerprint density at radius 3 is 2.70 bits per heavy atom. The van der Waals surface area contributed by atoms with E-state index in [4.69, 9.17) is 0 Å². The molecule has 1 heterocycles. The lowest BCUT2D eigenvalue weighted by Gasteiger charge is -2.35. The minimum Gasteiger partial charge on any atom is -0.391 e. The molecule has 0 aromatic heterocycles. The maximum Gasteiger partial charge on any atom is 0.217 e. The zero-order chi connectivity index (χ0) is 16.6. The van der Waals surface area contributed by atoms with Gasteiger partial charge in [-0.15, -0.1) is 0 Å². The van der Waals surface area contributed by atoms with Gasteiger partial charge < -0.3 is 10.4 Å². The standard InChI is InChI=1S/C17H22F2N2O2/c1-10(22)20-16-5-11-7-21(8-12(11)6-17(16)23)9-13-4-14(18)2-3-15(13)19/h2-4,11-12,16-17,23H,5-9H2,1H3,(H,20,22)/t11-,12+,16-,17-/m1/s1. The second-order valence-corrected chi connectivity index (χ2v) is 6.80. The molecule has 0 unspecified atom stereocenters. The van der Waals surface area contributed by atoms with Gasteiger partial charge in [-0.25, -0.2) is 8.78 Å². The highest BCUT2D eigenvalue weighted by Crippen LogP contribution is 2.37. The fourth-order valence-corrected chi connectivity index (χ4v) is 3.98. The Kier molecular flexibility index (Phi) is 4.64. The van der Waals surface area contributed by atoms with E-state index < -0.39 is 17.7 Å². The van der Waals surface area contributed by atoms with E-state index in [-0.39, 0.29) is 11.9 Å². The topological polar surface area (TPSA) is 52.6 Å². The lowest BCUT2D eigenvalue weighted by Crippen LogP contribution is -2.48. The molecule has 4 nitrogen and oxygen atoms in total. The fraction of sp³-hybridized carbons (Fsp3) is 0.588.